The molecule has 1 rings (SSSR count). The number of esters is 1. The predicted octanol–water partition coefficient (Wildman–Crippen LogP) is 0.777. The minimum absolute atomic E-state index is 0.274. The fraction of sp³-hybridized carbons (Fsp3) is 0.500. The lowest BCUT2D eigenvalue weighted by atomic mass is 10.2. The largest absolute Gasteiger partial charge is 0.497 e. The van der Waals surface area contributed by atoms with E-state index in [-0.39, 0.29) is 5.97 Å². The van der Waals surface area contributed by atoms with E-state index in [1.165, 1.54) is 4.90 Å². The van der Waals surface area contributed by atoms with E-state index in [0.717, 1.165) is 25.4 Å². The number of hydrogen-bond acceptors (Lipinski definition) is 3. The van der Waals surface area contributed by atoms with E-state index in [9.17, 15) is 4.79 Å². The van der Waals surface area contributed by atoms with E-state index in [1.54, 1.807) is 31.4 Å². The van der Waals surface area contributed by atoms with Gasteiger partial charge in [-0.25, -0.2) is 4.79 Å². The van der Waals surface area contributed by atoms with Crippen molar-refractivity contribution in [3.05, 3.63) is 29.8 Å². The van der Waals surface area contributed by atoms with Gasteiger partial charge in [-0.15, -0.1) is 0 Å². The van der Waals surface area contributed by atoms with Gasteiger partial charge in [0.1, 0.15) is 18.9 Å². The third-order valence-corrected chi connectivity index (χ3v) is 3.01. The lowest BCUT2D eigenvalue weighted by Crippen LogP contribution is -3.11. The molecule has 0 aliphatic rings. The Balaban J connectivity index is 2.40. The quantitative estimate of drug-likeness (QED) is 0.729. The third kappa shape index (κ3) is 4.37. The van der Waals surface area contributed by atoms with Crippen molar-refractivity contribution in [3.8, 4) is 5.75 Å². The molecule has 0 bridgehead atoms. The summed E-state index contributed by atoms with van der Waals surface area (Å²) >= 11 is 0. The summed E-state index contributed by atoms with van der Waals surface area (Å²) in [4.78, 5) is 13.2. The van der Waals surface area contributed by atoms with Gasteiger partial charge < -0.3 is 14.4 Å². The number of methoxy groups -OCH3 is 1. The molecule has 0 fully saturated rings. The summed E-state index contributed by atoms with van der Waals surface area (Å²) in [6.07, 6.45) is 0. The molecule has 0 saturated carbocycles. The van der Waals surface area contributed by atoms with Gasteiger partial charge in [0.05, 0.1) is 25.8 Å². The van der Waals surface area contributed by atoms with Crippen LogP contribution >= 0.6 is 0 Å². The monoisotopic (exact) mass is 252 g/mol. The summed E-state index contributed by atoms with van der Waals surface area (Å²) in [6, 6.07) is 6.94. The molecule has 0 spiro atoms. The van der Waals surface area contributed by atoms with Crippen LogP contribution in [0, 0.1) is 0 Å². The first-order valence-electron chi connectivity index (χ1n) is 6.36. The van der Waals surface area contributed by atoms with E-state index in [0.29, 0.717) is 12.2 Å². The number of rotatable bonds is 7. The summed E-state index contributed by atoms with van der Waals surface area (Å²) in [5, 5.41) is 0. The van der Waals surface area contributed by atoms with Crippen molar-refractivity contribution in [3.63, 3.8) is 0 Å². The maximum Gasteiger partial charge on any atom is 0.338 e. The van der Waals surface area contributed by atoms with E-state index in [4.69, 9.17) is 9.47 Å². The highest BCUT2D eigenvalue weighted by molar-refractivity contribution is 5.89. The van der Waals surface area contributed by atoms with Crippen LogP contribution in [0.5, 0.6) is 5.75 Å². The molecule has 18 heavy (non-hydrogen) atoms. The normalized spacial score (nSPS) is 10.4. The first kappa shape index (κ1) is 14.5. The van der Waals surface area contributed by atoms with Gasteiger partial charge in [0.25, 0.3) is 0 Å². The number of ether oxygens (including phenoxy) is 2. The van der Waals surface area contributed by atoms with Gasteiger partial charge in [-0.1, -0.05) is 0 Å². The molecule has 100 valence electrons. The molecule has 0 aromatic heterocycles. The number of quaternary nitrogens is 1. The number of benzene rings is 1. The van der Waals surface area contributed by atoms with E-state index < -0.39 is 0 Å². The molecule has 4 heteroatoms. The lowest BCUT2D eigenvalue weighted by molar-refractivity contribution is -0.896. The molecular weight excluding hydrogens is 230 g/mol. The van der Waals surface area contributed by atoms with Crippen molar-refractivity contribution in [2.24, 2.45) is 0 Å². The van der Waals surface area contributed by atoms with Gasteiger partial charge >= 0.3 is 5.97 Å². The second-order valence-corrected chi connectivity index (χ2v) is 4.07. The van der Waals surface area contributed by atoms with Gasteiger partial charge in [-0.3, -0.25) is 0 Å². The first-order valence-corrected chi connectivity index (χ1v) is 6.36. The second kappa shape index (κ2) is 7.71. The summed E-state index contributed by atoms with van der Waals surface area (Å²) < 4.78 is 10.3. The zero-order valence-corrected chi connectivity index (χ0v) is 11.4. The van der Waals surface area contributed by atoms with Crippen LogP contribution in [0.15, 0.2) is 24.3 Å². The molecule has 0 saturated heterocycles. The number of hydrogen-bond donors (Lipinski definition) is 1. The van der Waals surface area contributed by atoms with Crippen molar-refractivity contribution in [1.82, 2.24) is 0 Å². The maximum absolute atomic E-state index is 11.7. The van der Waals surface area contributed by atoms with Crippen molar-refractivity contribution in [2.45, 2.75) is 13.8 Å². The number of carbonyl (C=O) groups excluding carboxylic acids is 1. The molecular formula is C14H22NO3+. The van der Waals surface area contributed by atoms with Crippen molar-refractivity contribution in [2.75, 3.05) is 33.4 Å². The smallest absolute Gasteiger partial charge is 0.338 e. The fourth-order valence-electron chi connectivity index (χ4n) is 1.70. The Kier molecular flexibility index (Phi) is 6.22. The highest BCUT2D eigenvalue weighted by Gasteiger charge is 2.09. The molecule has 0 atom stereocenters. The van der Waals surface area contributed by atoms with Gasteiger partial charge in [-0.2, -0.15) is 0 Å². The Labute approximate surface area is 108 Å². The topological polar surface area (TPSA) is 40.0 Å². The second-order valence-electron chi connectivity index (χ2n) is 4.07. The van der Waals surface area contributed by atoms with Crippen LogP contribution in [0.4, 0.5) is 0 Å². The molecule has 0 radical (unpaired) electrons. The standard InChI is InChI=1S/C14H21NO3/c1-4-15(5-2)10-11-18-14(16)12-6-8-13(17-3)9-7-12/h6-9H,4-5,10-11H2,1-3H3/p+1. The highest BCUT2D eigenvalue weighted by atomic mass is 16.5. The zero-order chi connectivity index (χ0) is 13.4. The van der Waals surface area contributed by atoms with Crippen molar-refractivity contribution < 1.29 is 19.2 Å². The van der Waals surface area contributed by atoms with E-state index in [2.05, 4.69) is 13.8 Å². The van der Waals surface area contributed by atoms with Crippen LogP contribution in [-0.2, 0) is 4.74 Å². The molecule has 4 nitrogen and oxygen atoms in total. The van der Waals surface area contributed by atoms with Crippen LogP contribution in [0.3, 0.4) is 0 Å². The Morgan fingerprint density at radius 3 is 2.28 bits per heavy atom. The Morgan fingerprint density at radius 1 is 1.17 bits per heavy atom. The van der Waals surface area contributed by atoms with Crippen LogP contribution in [0.25, 0.3) is 0 Å². The Bertz CT molecular complexity index is 358. The molecule has 1 aromatic rings. The average molecular weight is 252 g/mol. The summed E-state index contributed by atoms with van der Waals surface area (Å²) in [5.74, 6) is 0.461. The molecule has 0 aliphatic carbocycles. The lowest BCUT2D eigenvalue weighted by Gasteiger charge is -2.15. The Hall–Kier alpha value is -1.55. The number of likely N-dealkylation sites (N-methyl/N-ethyl adjacent to an activating group) is 1. The SMILES string of the molecule is CC[NH+](CC)CCOC(=O)c1ccc(OC)cc1. The van der Waals surface area contributed by atoms with E-state index in [1.807, 2.05) is 0 Å². The fourth-order valence-corrected chi connectivity index (χ4v) is 1.70. The van der Waals surface area contributed by atoms with Crippen LogP contribution in [0.1, 0.15) is 24.2 Å². The van der Waals surface area contributed by atoms with Gasteiger partial charge in [0.2, 0.25) is 0 Å². The molecule has 0 amide bonds. The van der Waals surface area contributed by atoms with Gasteiger partial charge in [-0.05, 0) is 38.1 Å². The molecule has 1 aromatic carbocycles. The number of carbonyl (C=O) groups is 1. The van der Waals surface area contributed by atoms with Crippen LogP contribution < -0.4 is 9.64 Å². The predicted molar refractivity (Wildman–Crippen MR) is 70.2 cm³/mol. The number of nitrogens with one attached hydrogen (secondary N) is 1. The highest BCUT2D eigenvalue weighted by Crippen LogP contribution is 2.11. The molecule has 1 N–H and O–H groups in total. The first-order chi connectivity index (χ1) is 8.71. The van der Waals surface area contributed by atoms with Crippen LogP contribution in [-0.4, -0.2) is 39.3 Å². The van der Waals surface area contributed by atoms with Crippen LogP contribution in [0.2, 0.25) is 0 Å². The molecule has 0 unspecified atom stereocenters. The van der Waals surface area contributed by atoms with E-state index >= 15 is 0 Å². The summed E-state index contributed by atoms with van der Waals surface area (Å²) in [6.45, 7) is 7.68. The minimum atomic E-state index is -0.274. The van der Waals surface area contributed by atoms with Crippen molar-refractivity contribution >= 4 is 5.97 Å². The maximum atomic E-state index is 11.7. The zero-order valence-electron chi connectivity index (χ0n) is 11.4. The summed E-state index contributed by atoms with van der Waals surface area (Å²) in [5.41, 5.74) is 0.561. The molecule has 0 aliphatic heterocycles. The third-order valence-electron chi connectivity index (χ3n) is 3.01. The molecule has 0 heterocycles. The van der Waals surface area contributed by atoms with Crippen molar-refractivity contribution in [1.29, 1.82) is 0 Å². The summed E-state index contributed by atoms with van der Waals surface area (Å²) in [7, 11) is 1.60. The van der Waals surface area contributed by atoms with Gasteiger partial charge in [0, 0.05) is 0 Å². The minimum Gasteiger partial charge on any atom is -0.497 e. The van der Waals surface area contributed by atoms with Gasteiger partial charge in [0.15, 0.2) is 0 Å². The Morgan fingerprint density at radius 2 is 1.78 bits per heavy atom. The average Bonchev–Trinajstić information content (AvgIpc) is 2.43.